The normalized spacial score (nSPS) is 18.0. The van der Waals surface area contributed by atoms with Crippen molar-refractivity contribution in [2.45, 2.75) is 19.8 Å². The topological polar surface area (TPSA) is 46.6 Å². The van der Waals surface area contributed by atoms with Gasteiger partial charge in [0.15, 0.2) is 12.9 Å². The number of hydrogen-bond donors (Lipinski definition) is 0. The number of carbonyl (C=O) groups excluding carboxylic acids is 2. The third-order valence-corrected chi connectivity index (χ3v) is 4.41. The predicted octanol–water partition coefficient (Wildman–Crippen LogP) is 3.29. The molecule has 3 rings (SSSR count). The zero-order valence-electron chi connectivity index (χ0n) is 13.3. The molecule has 1 fully saturated rings. The van der Waals surface area contributed by atoms with Crippen LogP contribution in [0.1, 0.15) is 30.1 Å². The molecule has 4 nitrogen and oxygen atoms in total. The molecule has 0 radical (unpaired) electrons. The minimum absolute atomic E-state index is 0.0124. The summed E-state index contributed by atoms with van der Waals surface area (Å²) in [5.41, 5.74) is 0.503. The van der Waals surface area contributed by atoms with Crippen LogP contribution in [-0.2, 0) is 4.79 Å². The Kier molecular flexibility index (Phi) is 4.60. The fourth-order valence-corrected chi connectivity index (χ4v) is 3.17. The lowest BCUT2D eigenvalue weighted by molar-refractivity contribution is -0.135. The van der Waals surface area contributed by atoms with Crippen molar-refractivity contribution >= 4 is 23.0 Å². The summed E-state index contributed by atoms with van der Waals surface area (Å²) in [5.74, 6) is 0.998. The molecule has 1 aliphatic heterocycles. The number of carbonyl (C=O) groups is 2. The molecule has 0 spiro atoms. The molecular formula is C19H21NO3. The molecular weight excluding hydrogens is 290 g/mol. The van der Waals surface area contributed by atoms with Gasteiger partial charge in [0.25, 0.3) is 5.91 Å². The van der Waals surface area contributed by atoms with E-state index in [4.69, 9.17) is 4.74 Å². The third kappa shape index (κ3) is 3.36. The highest BCUT2D eigenvalue weighted by atomic mass is 16.5. The molecule has 0 N–H and O–H groups in total. The van der Waals surface area contributed by atoms with Crippen LogP contribution in [-0.4, -0.2) is 36.8 Å². The van der Waals surface area contributed by atoms with Crippen LogP contribution in [0.4, 0.5) is 0 Å². The van der Waals surface area contributed by atoms with E-state index in [9.17, 15) is 9.59 Å². The van der Waals surface area contributed by atoms with E-state index in [0.717, 1.165) is 36.6 Å². The second-order valence-electron chi connectivity index (χ2n) is 6.19. The number of benzene rings is 2. The Labute approximate surface area is 136 Å². The number of ether oxygens (including phenoxy) is 1. The van der Waals surface area contributed by atoms with E-state index in [-0.39, 0.29) is 12.5 Å². The molecule has 0 bridgehead atoms. The lowest BCUT2D eigenvalue weighted by Gasteiger charge is -2.30. The Bertz CT molecular complexity index is 726. The molecule has 1 saturated heterocycles. The van der Waals surface area contributed by atoms with Crippen LogP contribution in [0.2, 0.25) is 0 Å². The number of rotatable bonds is 4. The van der Waals surface area contributed by atoms with Gasteiger partial charge in [-0.05, 0) is 35.6 Å². The van der Waals surface area contributed by atoms with Crippen LogP contribution < -0.4 is 4.74 Å². The minimum atomic E-state index is -0.0219. The highest BCUT2D eigenvalue weighted by Gasteiger charge is 2.21. The summed E-state index contributed by atoms with van der Waals surface area (Å²) in [4.78, 5) is 25.6. The molecule has 1 amide bonds. The maximum atomic E-state index is 12.3. The van der Waals surface area contributed by atoms with Gasteiger partial charge in [-0.2, -0.15) is 0 Å². The molecule has 2 aromatic rings. The van der Waals surface area contributed by atoms with Gasteiger partial charge in [-0.1, -0.05) is 37.3 Å². The van der Waals surface area contributed by atoms with E-state index in [1.807, 2.05) is 35.2 Å². The molecule has 0 aliphatic carbocycles. The molecule has 1 heterocycles. The number of nitrogens with zero attached hydrogens (tertiary/aromatic N) is 1. The molecule has 1 unspecified atom stereocenters. The van der Waals surface area contributed by atoms with Gasteiger partial charge in [-0.25, -0.2) is 0 Å². The van der Waals surface area contributed by atoms with E-state index in [1.165, 1.54) is 6.42 Å². The molecule has 0 aromatic heterocycles. The van der Waals surface area contributed by atoms with Crippen LogP contribution in [0, 0.1) is 5.92 Å². The van der Waals surface area contributed by atoms with Crippen molar-refractivity contribution in [3.05, 3.63) is 42.0 Å². The zero-order valence-corrected chi connectivity index (χ0v) is 13.3. The fourth-order valence-electron chi connectivity index (χ4n) is 3.17. The summed E-state index contributed by atoms with van der Waals surface area (Å²) in [6.45, 7) is 3.73. The Balaban J connectivity index is 1.74. The molecule has 0 saturated carbocycles. The van der Waals surface area contributed by atoms with Crippen molar-refractivity contribution in [3.8, 4) is 5.75 Å². The lowest BCUT2D eigenvalue weighted by atomic mass is 10.0. The van der Waals surface area contributed by atoms with Crippen molar-refractivity contribution in [2.75, 3.05) is 19.7 Å². The summed E-state index contributed by atoms with van der Waals surface area (Å²) < 4.78 is 5.66. The van der Waals surface area contributed by atoms with Gasteiger partial charge in [0.05, 0.1) is 5.56 Å². The van der Waals surface area contributed by atoms with Crippen LogP contribution in [0.15, 0.2) is 36.4 Å². The Morgan fingerprint density at radius 2 is 2.13 bits per heavy atom. The van der Waals surface area contributed by atoms with Crippen molar-refractivity contribution in [2.24, 2.45) is 5.92 Å². The number of fused-ring (bicyclic) bond motifs is 1. The van der Waals surface area contributed by atoms with Gasteiger partial charge in [-0.3, -0.25) is 9.59 Å². The highest BCUT2D eigenvalue weighted by molar-refractivity contribution is 6.00. The summed E-state index contributed by atoms with van der Waals surface area (Å²) in [6, 6.07) is 11.3. The number of likely N-dealkylation sites (tertiary alicyclic amines) is 1. The number of hydrogen-bond acceptors (Lipinski definition) is 3. The smallest absolute Gasteiger partial charge is 0.260 e. The standard InChI is InChI=1S/C19H21NO3/c1-14-5-4-10-20(11-14)19(22)13-23-18-9-8-15-6-2-3-7-16(15)17(18)12-21/h2-3,6-9,12,14H,4-5,10-11,13H2,1H3. The number of piperidine rings is 1. The van der Waals surface area contributed by atoms with Gasteiger partial charge in [0, 0.05) is 13.1 Å². The zero-order chi connectivity index (χ0) is 16.2. The monoisotopic (exact) mass is 311 g/mol. The van der Waals surface area contributed by atoms with E-state index in [0.29, 0.717) is 17.2 Å². The van der Waals surface area contributed by atoms with Gasteiger partial charge >= 0.3 is 0 Å². The van der Waals surface area contributed by atoms with E-state index in [2.05, 4.69) is 6.92 Å². The summed E-state index contributed by atoms with van der Waals surface area (Å²) >= 11 is 0. The number of aldehydes is 1. The van der Waals surface area contributed by atoms with E-state index < -0.39 is 0 Å². The maximum Gasteiger partial charge on any atom is 0.260 e. The van der Waals surface area contributed by atoms with Crippen molar-refractivity contribution in [1.29, 1.82) is 0 Å². The van der Waals surface area contributed by atoms with Gasteiger partial charge in [0.2, 0.25) is 0 Å². The first-order valence-electron chi connectivity index (χ1n) is 8.06. The van der Waals surface area contributed by atoms with Crippen molar-refractivity contribution < 1.29 is 14.3 Å². The average Bonchev–Trinajstić information content (AvgIpc) is 2.59. The Morgan fingerprint density at radius 1 is 1.30 bits per heavy atom. The average molecular weight is 311 g/mol. The van der Waals surface area contributed by atoms with Crippen LogP contribution in [0.3, 0.4) is 0 Å². The maximum absolute atomic E-state index is 12.3. The summed E-state index contributed by atoms with van der Waals surface area (Å²) in [6.07, 6.45) is 3.01. The summed E-state index contributed by atoms with van der Waals surface area (Å²) in [5, 5.41) is 1.83. The van der Waals surface area contributed by atoms with Crippen LogP contribution in [0.5, 0.6) is 5.75 Å². The Hall–Kier alpha value is -2.36. The Morgan fingerprint density at radius 3 is 2.91 bits per heavy atom. The third-order valence-electron chi connectivity index (χ3n) is 4.41. The highest BCUT2D eigenvalue weighted by Crippen LogP contribution is 2.26. The molecule has 1 atom stereocenters. The van der Waals surface area contributed by atoms with Crippen LogP contribution >= 0.6 is 0 Å². The summed E-state index contributed by atoms with van der Waals surface area (Å²) in [7, 11) is 0. The quantitative estimate of drug-likeness (QED) is 0.814. The van der Waals surface area contributed by atoms with Gasteiger partial charge in [0.1, 0.15) is 5.75 Å². The first-order chi connectivity index (χ1) is 11.2. The molecule has 120 valence electrons. The van der Waals surface area contributed by atoms with E-state index >= 15 is 0 Å². The SMILES string of the molecule is CC1CCCN(C(=O)COc2ccc3ccccc3c2C=O)C1. The number of amides is 1. The van der Waals surface area contributed by atoms with Gasteiger partial charge in [-0.15, -0.1) is 0 Å². The van der Waals surface area contributed by atoms with Crippen molar-refractivity contribution in [3.63, 3.8) is 0 Å². The molecule has 2 aromatic carbocycles. The molecule has 4 heteroatoms. The second kappa shape index (κ2) is 6.82. The second-order valence-corrected chi connectivity index (χ2v) is 6.19. The lowest BCUT2D eigenvalue weighted by Crippen LogP contribution is -2.41. The predicted molar refractivity (Wildman–Crippen MR) is 89.8 cm³/mol. The minimum Gasteiger partial charge on any atom is -0.483 e. The van der Waals surface area contributed by atoms with E-state index in [1.54, 1.807) is 6.07 Å². The van der Waals surface area contributed by atoms with Crippen LogP contribution in [0.25, 0.3) is 10.8 Å². The van der Waals surface area contributed by atoms with Gasteiger partial charge < -0.3 is 9.64 Å². The fraction of sp³-hybridized carbons (Fsp3) is 0.368. The molecule has 1 aliphatic rings. The van der Waals surface area contributed by atoms with Crippen molar-refractivity contribution in [1.82, 2.24) is 4.90 Å². The first-order valence-corrected chi connectivity index (χ1v) is 8.06. The first kappa shape index (κ1) is 15.5. The largest absolute Gasteiger partial charge is 0.483 e. The molecule has 23 heavy (non-hydrogen) atoms.